The monoisotopic (exact) mass is 643 g/mol. The van der Waals surface area contributed by atoms with Gasteiger partial charge in [0.2, 0.25) is 0 Å². The highest BCUT2D eigenvalue weighted by Crippen LogP contribution is 2.45. The molecule has 0 fully saturated rings. The van der Waals surface area contributed by atoms with Crippen molar-refractivity contribution < 1.29 is 33.2 Å². The van der Waals surface area contributed by atoms with Crippen LogP contribution in [0, 0.1) is 0 Å². The van der Waals surface area contributed by atoms with E-state index in [2.05, 4.69) is 0 Å². The molecule has 10 aromatic rings. The average Bonchev–Trinajstić information content (AvgIpc) is 3.74. The van der Waals surface area contributed by atoms with Crippen LogP contribution < -0.4 is 0 Å². The molecule has 0 saturated carbocycles. The third-order valence-corrected chi connectivity index (χ3v) is 8.54. The van der Waals surface area contributed by atoms with Crippen LogP contribution in [0.2, 0.25) is 0 Å². The molecule has 0 spiro atoms. The Morgan fingerprint density at radius 1 is 0.367 bits per heavy atom. The molecule has 0 aliphatic carbocycles. The predicted molar refractivity (Wildman–Crippen MR) is 208 cm³/mol. The van der Waals surface area contributed by atoms with E-state index in [9.17, 15) is 9.60 Å². The Kier molecular flexibility index (Phi) is 3.16. The van der Waals surface area contributed by atoms with Gasteiger partial charge in [-0.2, -0.15) is 0 Å². The van der Waals surface area contributed by atoms with E-state index in [1.54, 1.807) is 30.3 Å². The molecule has 1 nitrogen and oxygen atoms in total. The van der Waals surface area contributed by atoms with Gasteiger partial charge in [-0.05, 0) is 95.0 Å². The molecule has 0 aliphatic rings. The van der Waals surface area contributed by atoms with Gasteiger partial charge >= 0.3 is 0 Å². The molecule has 0 amide bonds. The van der Waals surface area contributed by atoms with Crippen LogP contribution in [0.3, 0.4) is 0 Å². The van der Waals surface area contributed by atoms with Crippen LogP contribution in [0.1, 0.15) is 28.8 Å². The lowest BCUT2D eigenvalue weighted by Gasteiger charge is -2.18. The summed E-state index contributed by atoms with van der Waals surface area (Å²) >= 11 is 0. The van der Waals surface area contributed by atoms with Crippen molar-refractivity contribution in [2.75, 3.05) is 0 Å². The molecule has 0 saturated heterocycles. The molecular weight excluding hydrogens is 593 g/mol. The summed E-state index contributed by atoms with van der Waals surface area (Å²) in [5, 5.41) is -2.22. The van der Waals surface area contributed by atoms with E-state index >= 15 is 0 Å². The van der Waals surface area contributed by atoms with Gasteiger partial charge in [0.1, 0.15) is 11.2 Å². The molecule has 228 valence electrons. The molecule has 0 radical (unpaired) electrons. The summed E-state index contributed by atoms with van der Waals surface area (Å²) in [5.74, 6) is 0. The van der Waals surface area contributed by atoms with Gasteiger partial charge in [0.25, 0.3) is 0 Å². The van der Waals surface area contributed by atoms with Crippen molar-refractivity contribution in [2.45, 2.75) is 0 Å². The van der Waals surface area contributed by atoms with Gasteiger partial charge in [-0.1, -0.05) is 163 Å². The van der Waals surface area contributed by atoms with Crippen molar-refractivity contribution in [3.63, 3.8) is 0 Å². The maximum Gasteiger partial charge on any atom is 0.136 e. The fraction of sp³-hybridized carbons (Fsp3) is 0. The Morgan fingerprint density at radius 3 is 1.45 bits per heavy atom. The molecule has 0 atom stereocenters. The molecule has 0 N–H and O–H groups in total. The minimum atomic E-state index is -0.816. The van der Waals surface area contributed by atoms with Crippen LogP contribution in [0.15, 0.2) is 186 Å². The Bertz CT molecular complexity index is 3970. The number of hydrogen-bond donors (Lipinski definition) is 0. The fourth-order valence-electron chi connectivity index (χ4n) is 6.42. The van der Waals surface area contributed by atoms with E-state index in [-0.39, 0.29) is 66.6 Å². The fourth-order valence-corrected chi connectivity index (χ4v) is 6.42. The number of furan rings is 1. The van der Waals surface area contributed by atoms with Crippen LogP contribution in [-0.2, 0) is 0 Å². The summed E-state index contributed by atoms with van der Waals surface area (Å²) in [4.78, 5) is 0. The molecule has 1 aromatic heterocycles. The maximum atomic E-state index is 9.46. The first kappa shape index (κ1) is 14.0. The Balaban J connectivity index is 1.36. The van der Waals surface area contributed by atoms with E-state index in [4.69, 9.17) is 23.6 Å². The highest BCUT2D eigenvalue weighted by molar-refractivity contribution is 6.22. The molecule has 1 heteroatoms. The number of rotatable bonds is 4. The summed E-state index contributed by atoms with van der Waals surface area (Å²) in [5.41, 5.74) is -0.531. The first-order chi connectivity index (χ1) is 33.1. The lowest BCUT2D eigenvalue weighted by atomic mass is 9.85. The number of benzene rings is 9. The Labute approximate surface area is 313 Å². The van der Waals surface area contributed by atoms with Crippen molar-refractivity contribution in [2.24, 2.45) is 0 Å². The normalized spacial score (nSPS) is 17.7. The molecule has 10 rings (SSSR count). The SMILES string of the molecule is [2H]c1c([2H])c(-c2ccccc2)c2c(oc3c([2H])c([2H])c([2H])c(-c4ccc(-c5c6c([2H])c([2H])c([2H])c([2H])c6c(-c6c([2H])c([2H])c7c([2H])c([2H])c([2H])c([2H])c7c6[2H])c6c([2H])c([2H])c([2H])c([2H])c56)cc4)c32)c1[2H]. The van der Waals surface area contributed by atoms with E-state index in [1.165, 1.54) is 24.3 Å². The standard InChI is InChI=1S/C48H30O/c1-2-13-32(14-3-1)37-20-10-22-43-47(37)48-38(21-11-23-44(48)49-43)33-25-27-34(28-26-33)45-39-16-6-8-18-41(39)46(42-19-9-7-17-40(42)45)36-29-24-31-12-4-5-15-35(31)30-36/h1-30H/i4D,5D,6D,7D,8D,9D,10D,11D,12D,15D,16D,17D,18D,19D,20D,21D,22D,23D,24D,29D,30D. The minimum absolute atomic E-state index is 0.0373. The first-order valence-corrected chi connectivity index (χ1v) is 15.1. The van der Waals surface area contributed by atoms with E-state index in [0.717, 1.165) is 0 Å². The van der Waals surface area contributed by atoms with E-state index < -0.39 is 154 Å². The third kappa shape index (κ3) is 4.40. The maximum absolute atomic E-state index is 9.46. The highest BCUT2D eigenvalue weighted by atomic mass is 16.3. The summed E-state index contributed by atoms with van der Waals surface area (Å²) in [6.45, 7) is 0. The average molecular weight is 644 g/mol. The zero-order valence-corrected chi connectivity index (χ0v) is 25.1. The molecule has 0 aliphatic heterocycles. The quantitative estimate of drug-likeness (QED) is 0.174. The first-order valence-electron chi connectivity index (χ1n) is 25.6. The van der Waals surface area contributed by atoms with Gasteiger partial charge in [-0.25, -0.2) is 0 Å². The van der Waals surface area contributed by atoms with Crippen molar-refractivity contribution >= 4 is 54.3 Å². The zero-order chi connectivity index (χ0) is 50.6. The van der Waals surface area contributed by atoms with Gasteiger partial charge in [-0.15, -0.1) is 0 Å². The van der Waals surface area contributed by atoms with Gasteiger partial charge in [-0.3, -0.25) is 0 Å². The van der Waals surface area contributed by atoms with E-state index in [1.807, 2.05) is 0 Å². The molecule has 0 unspecified atom stereocenters. The van der Waals surface area contributed by atoms with Crippen LogP contribution in [0.25, 0.3) is 98.8 Å². The van der Waals surface area contributed by atoms with Gasteiger partial charge < -0.3 is 4.42 Å². The number of fused-ring (bicyclic) bond motifs is 6. The molecule has 49 heavy (non-hydrogen) atoms. The van der Waals surface area contributed by atoms with Gasteiger partial charge in [0.15, 0.2) is 0 Å². The second kappa shape index (κ2) is 11.1. The van der Waals surface area contributed by atoms with Crippen molar-refractivity contribution in [1.82, 2.24) is 0 Å². The van der Waals surface area contributed by atoms with E-state index in [0.29, 0.717) is 5.56 Å². The lowest BCUT2D eigenvalue weighted by Crippen LogP contribution is -1.91. The lowest BCUT2D eigenvalue weighted by molar-refractivity contribution is 0.669. The predicted octanol–water partition coefficient (Wildman–Crippen LogP) is 13.7. The summed E-state index contributed by atoms with van der Waals surface area (Å²) < 4.78 is 194. The summed E-state index contributed by atoms with van der Waals surface area (Å²) in [6, 6.07) is 0.439. The van der Waals surface area contributed by atoms with Crippen molar-refractivity contribution in [3.8, 4) is 44.5 Å². The van der Waals surface area contributed by atoms with Crippen LogP contribution in [-0.4, -0.2) is 0 Å². The molecule has 9 aromatic carbocycles. The largest absolute Gasteiger partial charge is 0.456 e. The zero-order valence-electron chi connectivity index (χ0n) is 46.1. The highest BCUT2D eigenvalue weighted by Gasteiger charge is 2.19. The second-order valence-electron chi connectivity index (χ2n) is 11.2. The topological polar surface area (TPSA) is 13.1 Å². The molecule has 0 bridgehead atoms. The second-order valence-corrected chi connectivity index (χ2v) is 11.2. The minimum Gasteiger partial charge on any atom is -0.456 e. The van der Waals surface area contributed by atoms with Crippen molar-refractivity contribution in [1.29, 1.82) is 0 Å². The Hall–Kier alpha value is -6.44. The molecule has 1 heterocycles. The van der Waals surface area contributed by atoms with Crippen LogP contribution >= 0.6 is 0 Å². The van der Waals surface area contributed by atoms with Gasteiger partial charge in [0, 0.05) is 10.8 Å². The van der Waals surface area contributed by atoms with Gasteiger partial charge in [0.05, 0.1) is 28.8 Å². The Morgan fingerprint density at radius 2 is 0.857 bits per heavy atom. The third-order valence-electron chi connectivity index (χ3n) is 8.54. The van der Waals surface area contributed by atoms with Crippen LogP contribution in [0.4, 0.5) is 0 Å². The smallest absolute Gasteiger partial charge is 0.136 e. The number of hydrogen-bond acceptors (Lipinski definition) is 1. The van der Waals surface area contributed by atoms with Crippen molar-refractivity contribution in [3.05, 3.63) is 181 Å². The van der Waals surface area contributed by atoms with Crippen LogP contribution in [0.5, 0.6) is 0 Å². The summed E-state index contributed by atoms with van der Waals surface area (Å²) in [6.07, 6.45) is 0. The molecular formula is C48H30O. The summed E-state index contributed by atoms with van der Waals surface area (Å²) in [7, 11) is 0.